The lowest BCUT2D eigenvalue weighted by atomic mass is 9.97. The number of hydrogen-bond acceptors (Lipinski definition) is 21. The summed E-state index contributed by atoms with van der Waals surface area (Å²) >= 11 is 3.38. The third kappa shape index (κ3) is 14.1. The average molecular weight is 1060 g/mol. The molecule has 5 N–H and O–H groups in total. The second-order valence-electron chi connectivity index (χ2n) is 14.9. The van der Waals surface area contributed by atoms with Crippen molar-refractivity contribution in [2.24, 2.45) is 7.05 Å². The van der Waals surface area contributed by atoms with Crippen molar-refractivity contribution in [3.05, 3.63) is 131 Å². The van der Waals surface area contributed by atoms with Gasteiger partial charge in [-0.1, -0.05) is 58.6 Å². The summed E-state index contributed by atoms with van der Waals surface area (Å²) in [6.45, 7) is 5.66. The summed E-state index contributed by atoms with van der Waals surface area (Å²) in [5.41, 5.74) is 7.30. The predicted octanol–water partition coefficient (Wildman–Crippen LogP) is 8.62. The van der Waals surface area contributed by atoms with Crippen molar-refractivity contribution in [1.82, 2.24) is 50.3 Å². The number of aryl methyl sites for hydroxylation is 2. The predicted molar refractivity (Wildman–Crippen MR) is 287 cm³/mol. The lowest BCUT2D eigenvalue weighted by Crippen LogP contribution is -2.16. The summed E-state index contributed by atoms with van der Waals surface area (Å²) in [6, 6.07) is 18.9. The molecule has 380 valence electrons. The van der Waals surface area contributed by atoms with Crippen LogP contribution in [-0.4, -0.2) is 109 Å². The highest BCUT2D eigenvalue weighted by molar-refractivity contribution is 7.17. The van der Waals surface area contributed by atoms with Crippen molar-refractivity contribution in [2.75, 3.05) is 44.4 Å². The number of nitrogens with zero attached hydrogens (tertiary/aromatic N) is 10. The monoisotopic (exact) mass is 1060 g/mol. The van der Waals surface area contributed by atoms with Crippen LogP contribution >= 0.6 is 34.0 Å². The van der Waals surface area contributed by atoms with Gasteiger partial charge in [0.05, 0.1) is 56.9 Å². The van der Waals surface area contributed by atoms with Crippen molar-refractivity contribution in [1.29, 1.82) is 10.8 Å². The molecule has 25 heteroatoms. The third-order valence-electron chi connectivity index (χ3n) is 10.1. The summed E-state index contributed by atoms with van der Waals surface area (Å²) in [6.07, 6.45) is 13.1. The Kier molecular flexibility index (Phi) is 19.5. The van der Waals surface area contributed by atoms with Crippen molar-refractivity contribution in [3.63, 3.8) is 0 Å². The highest BCUT2D eigenvalue weighted by atomic mass is 32.1. The first-order valence-corrected chi connectivity index (χ1v) is 24.4. The Balaban J connectivity index is 0.000000182. The topological polar surface area (TPSA) is 293 Å². The molecule has 0 unspecified atom stereocenters. The molecule has 0 aliphatic heterocycles. The molecule has 6 heterocycles. The number of fused-ring (bicyclic) bond motifs is 1. The molecule has 0 saturated heterocycles. The average Bonchev–Trinajstić information content (AvgIpc) is 4.27. The third-order valence-corrected chi connectivity index (χ3v) is 12.5. The quantitative estimate of drug-likeness (QED) is 0.0324. The number of anilines is 3. The SMILES string of the molecule is C/C=C\C(=C(/C=N)C(=O)Nc1nnc(OC)s1)c1ccc2ncccc2c1.CC/C(=C(\C=N)C(=O)Nc1nnc(OC)s1)c1cnn(C)c1.COc1ccc(-c2cc(C)ncc2C(=O)Nc2nnc(OC)s2)cc1. The Bertz CT molecular complexity index is 3360. The van der Waals surface area contributed by atoms with Crippen molar-refractivity contribution >= 4 is 102 Å². The zero-order valence-corrected chi connectivity index (χ0v) is 43.6. The molecule has 22 nitrogen and oxygen atoms in total. The molecule has 3 amide bonds. The summed E-state index contributed by atoms with van der Waals surface area (Å²) in [4.78, 5) is 46.3. The number of carbonyl (C=O) groups excluding carboxylic acids is 3. The highest BCUT2D eigenvalue weighted by Gasteiger charge is 2.20. The molecule has 2 aromatic carbocycles. The van der Waals surface area contributed by atoms with Gasteiger partial charge in [-0.3, -0.25) is 45.0 Å². The van der Waals surface area contributed by atoms with Crippen LogP contribution in [0, 0.1) is 17.7 Å². The molecule has 6 aromatic heterocycles. The highest BCUT2D eigenvalue weighted by Crippen LogP contribution is 2.30. The first-order valence-electron chi connectivity index (χ1n) is 22.0. The first kappa shape index (κ1) is 54.4. The van der Waals surface area contributed by atoms with Gasteiger partial charge in [-0.15, -0.1) is 15.3 Å². The summed E-state index contributed by atoms with van der Waals surface area (Å²) < 4.78 is 21.7. The van der Waals surface area contributed by atoms with Crippen LogP contribution in [0.4, 0.5) is 15.4 Å². The van der Waals surface area contributed by atoms with Crippen molar-refractivity contribution < 1.29 is 33.3 Å². The Morgan fingerprint density at radius 2 is 1.30 bits per heavy atom. The number of hydrogen-bond donors (Lipinski definition) is 5. The number of amides is 3. The molecule has 0 saturated carbocycles. The molecule has 0 atom stereocenters. The number of pyridine rings is 2. The van der Waals surface area contributed by atoms with Crippen molar-refractivity contribution in [3.8, 4) is 32.5 Å². The van der Waals surface area contributed by atoms with Crippen molar-refractivity contribution in [2.45, 2.75) is 27.2 Å². The zero-order valence-electron chi connectivity index (χ0n) is 41.2. The fourth-order valence-corrected chi connectivity index (χ4v) is 8.37. The Hall–Kier alpha value is -8.94. The van der Waals surface area contributed by atoms with Crippen LogP contribution in [0.1, 0.15) is 47.4 Å². The van der Waals surface area contributed by atoms with E-state index in [1.165, 1.54) is 21.3 Å². The van der Waals surface area contributed by atoms with E-state index in [1.807, 2.05) is 93.7 Å². The lowest BCUT2D eigenvalue weighted by Gasteiger charge is -2.10. The maximum absolute atomic E-state index is 12.7. The van der Waals surface area contributed by atoms with Gasteiger partial charge >= 0.3 is 0 Å². The van der Waals surface area contributed by atoms with E-state index in [1.54, 1.807) is 43.5 Å². The number of allylic oxidation sites excluding steroid dienone is 4. The van der Waals surface area contributed by atoms with Crippen LogP contribution in [0.3, 0.4) is 0 Å². The van der Waals surface area contributed by atoms with E-state index in [2.05, 4.69) is 61.6 Å². The Labute approximate surface area is 436 Å². The van der Waals surface area contributed by atoms with E-state index in [0.29, 0.717) is 48.5 Å². The van der Waals surface area contributed by atoms with E-state index < -0.39 is 11.8 Å². The maximum Gasteiger partial charge on any atom is 0.295 e. The van der Waals surface area contributed by atoms with Gasteiger partial charge in [0.2, 0.25) is 15.4 Å². The molecule has 0 spiro atoms. The van der Waals surface area contributed by atoms with Gasteiger partial charge in [0.1, 0.15) is 5.75 Å². The van der Waals surface area contributed by atoms with Gasteiger partial charge in [0.15, 0.2) is 0 Å². The van der Waals surface area contributed by atoms with Gasteiger partial charge in [0.25, 0.3) is 33.3 Å². The molecular formula is C49H49N15O7S3. The minimum atomic E-state index is -0.441. The summed E-state index contributed by atoms with van der Waals surface area (Å²) in [7, 11) is 7.87. The molecule has 8 rings (SSSR count). The summed E-state index contributed by atoms with van der Waals surface area (Å²) in [5, 5.41) is 53.3. The first-order chi connectivity index (χ1) is 35.8. The Morgan fingerprint density at radius 3 is 1.81 bits per heavy atom. The minimum Gasteiger partial charge on any atom is -0.497 e. The second-order valence-corrected chi connectivity index (χ2v) is 17.7. The van der Waals surface area contributed by atoms with Crippen LogP contribution in [0.2, 0.25) is 0 Å². The van der Waals surface area contributed by atoms with Crippen LogP contribution in [0.15, 0.2) is 109 Å². The Morgan fingerprint density at radius 1 is 0.703 bits per heavy atom. The van der Waals surface area contributed by atoms with Crippen LogP contribution in [0.5, 0.6) is 21.3 Å². The number of benzene rings is 2. The standard InChI is InChI=1S/C19H17N5O2S.C17H16N4O3S.C13H16N6O2S/c1-3-5-14(12-7-8-16-13(10-12)6-4-9-21-16)15(11-20)17(25)22-18-23-24-19(26-2)27-18;1-10-8-13(11-4-6-12(23-2)7-5-11)14(9-18-10)15(22)19-16-20-21-17(24-3)25-16;1-4-9(8-6-15-19(2)7-8)10(5-14)11(20)16-12-17-18-13(21-3)22-12/h3-11,20H,1-2H3,(H,22,23,25);4-9H,1-3H3,(H,19,20,22);5-7,14H,4H2,1-3H3,(H,16,17,20)/b5-3-,15-14-,20-11?;;10-9-,14-5?. The molecule has 0 radical (unpaired) electrons. The lowest BCUT2D eigenvalue weighted by molar-refractivity contribution is -0.113. The van der Waals surface area contributed by atoms with E-state index in [9.17, 15) is 14.4 Å². The van der Waals surface area contributed by atoms with E-state index in [0.717, 1.165) is 96.6 Å². The fourth-order valence-electron chi connectivity index (χ4n) is 6.71. The number of nitrogens with one attached hydrogen (secondary N) is 5. The number of aromatic nitrogens is 10. The van der Waals surface area contributed by atoms with Gasteiger partial charge in [-0.25, -0.2) is 0 Å². The maximum atomic E-state index is 12.7. The largest absolute Gasteiger partial charge is 0.497 e. The smallest absolute Gasteiger partial charge is 0.295 e. The van der Waals surface area contributed by atoms with Crippen LogP contribution in [-0.2, 0) is 16.6 Å². The van der Waals surface area contributed by atoms with Gasteiger partial charge in [-0.05, 0) is 119 Å². The molecule has 0 fully saturated rings. The normalized spacial score (nSPS) is 11.4. The number of carbonyl (C=O) groups is 3. The molecule has 0 bridgehead atoms. The molecule has 0 aliphatic carbocycles. The minimum absolute atomic E-state index is 0.213. The molecular weight excluding hydrogens is 1010 g/mol. The van der Waals surface area contributed by atoms with E-state index >= 15 is 0 Å². The molecule has 8 aromatic rings. The van der Waals surface area contributed by atoms with E-state index in [4.69, 9.17) is 29.8 Å². The molecule has 0 aliphatic rings. The van der Waals surface area contributed by atoms with Gasteiger partial charge in [0, 0.05) is 54.7 Å². The zero-order chi connectivity index (χ0) is 53.1. The fraction of sp³-hybridized carbons (Fsp3) is 0.184. The van der Waals surface area contributed by atoms with Gasteiger partial charge in [-0.2, -0.15) is 5.10 Å². The number of rotatable bonds is 17. The molecule has 74 heavy (non-hydrogen) atoms. The summed E-state index contributed by atoms with van der Waals surface area (Å²) in [5.74, 6) is -0.406. The number of methoxy groups -OCH3 is 4. The second kappa shape index (κ2) is 26.5. The number of ether oxygens (including phenoxy) is 4. The van der Waals surface area contributed by atoms with Crippen LogP contribution in [0.25, 0.3) is 33.2 Å². The van der Waals surface area contributed by atoms with E-state index in [-0.39, 0.29) is 17.1 Å². The van der Waals surface area contributed by atoms with Gasteiger partial charge < -0.3 is 29.8 Å². The van der Waals surface area contributed by atoms with Crippen LogP contribution < -0.4 is 34.9 Å².